The molecule has 31 heavy (non-hydrogen) atoms. The number of hydrazone groups is 1. The van der Waals surface area contributed by atoms with Crippen LogP contribution in [0.5, 0.6) is 0 Å². The van der Waals surface area contributed by atoms with Crippen LogP contribution >= 0.6 is 0 Å². The first-order valence-electron chi connectivity index (χ1n) is 11.6. The zero-order chi connectivity index (χ0) is 22.6. The molecule has 0 aromatic heterocycles. The predicted molar refractivity (Wildman–Crippen MR) is 125 cm³/mol. The first-order chi connectivity index (χ1) is 14.6. The van der Waals surface area contributed by atoms with Gasteiger partial charge in [-0.3, -0.25) is 9.59 Å². The minimum Gasteiger partial charge on any atom is -0.334 e. The van der Waals surface area contributed by atoms with Crippen LogP contribution in [0.3, 0.4) is 0 Å². The van der Waals surface area contributed by atoms with E-state index in [-0.39, 0.29) is 28.9 Å². The first-order valence-corrected chi connectivity index (χ1v) is 11.6. The van der Waals surface area contributed by atoms with Crippen LogP contribution in [0.1, 0.15) is 78.7 Å². The molecule has 6 nitrogen and oxygen atoms in total. The summed E-state index contributed by atoms with van der Waals surface area (Å²) in [5.74, 6) is -0.0258. The number of amides is 2. The number of benzene rings is 1. The van der Waals surface area contributed by atoms with Gasteiger partial charge in [0.2, 0.25) is 5.91 Å². The van der Waals surface area contributed by atoms with Gasteiger partial charge in [-0.2, -0.15) is 5.10 Å². The van der Waals surface area contributed by atoms with Crippen LogP contribution in [0, 0.1) is 0 Å². The molecule has 2 amide bonds. The fourth-order valence-corrected chi connectivity index (χ4v) is 5.07. The topological polar surface area (TPSA) is 65.0 Å². The third-order valence-electron chi connectivity index (χ3n) is 6.15. The monoisotopic (exact) mass is 426 g/mol. The Morgan fingerprint density at radius 3 is 2.39 bits per heavy atom. The van der Waals surface area contributed by atoms with Gasteiger partial charge in [-0.25, -0.2) is 5.01 Å². The van der Waals surface area contributed by atoms with Crippen LogP contribution in [0.15, 0.2) is 35.4 Å². The van der Waals surface area contributed by atoms with Crippen molar-refractivity contribution < 1.29 is 9.59 Å². The Hall–Kier alpha value is -2.21. The third kappa shape index (κ3) is 6.16. The van der Waals surface area contributed by atoms with Gasteiger partial charge in [-0.05, 0) is 52.5 Å². The zero-order valence-electron chi connectivity index (χ0n) is 19.8. The highest BCUT2D eigenvalue weighted by Gasteiger charge is 2.42. The third-order valence-corrected chi connectivity index (χ3v) is 6.15. The molecule has 0 atom stereocenters. The Balaban J connectivity index is 1.83. The fourth-order valence-electron chi connectivity index (χ4n) is 5.07. The minimum atomic E-state index is -0.0408. The number of carbonyl (C=O) groups is 2. The fraction of sp³-hybridized carbons (Fsp3) is 0.640. The molecule has 2 heterocycles. The summed E-state index contributed by atoms with van der Waals surface area (Å²) in [5, 5.41) is 9.73. The molecule has 0 saturated carbocycles. The number of rotatable bonds is 7. The molecule has 2 aliphatic heterocycles. The lowest BCUT2D eigenvalue weighted by molar-refractivity contribution is -0.133. The van der Waals surface area contributed by atoms with Crippen molar-refractivity contribution in [2.45, 2.75) is 96.8 Å². The van der Waals surface area contributed by atoms with Crippen molar-refractivity contribution in [1.82, 2.24) is 15.2 Å². The molecule has 1 fully saturated rings. The van der Waals surface area contributed by atoms with Crippen molar-refractivity contribution in [1.29, 1.82) is 0 Å². The van der Waals surface area contributed by atoms with Gasteiger partial charge in [-0.15, -0.1) is 0 Å². The van der Waals surface area contributed by atoms with Gasteiger partial charge in [0, 0.05) is 36.5 Å². The Bertz CT molecular complexity index is 800. The van der Waals surface area contributed by atoms with Gasteiger partial charge in [0.1, 0.15) is 5.71 Å². The summed E-state index contributed by atoms with van der Waals surface area (Å²) in [6.45, 7) is 12.1. The van der Waals surface area contributed by atoms with E-state index in [2.05, 4.69) is 45.0 Å². The molecule has 2 aliphatic rings. The van der Waals surface area contributed by atoms with Crippen molar-refractivity contribution in [2.24, 2.45) is 5.10 Å². The largest absolute Gasteiger partial charge is 0.334 e. The number of piperidine rings is 1. The Morgan fingerprint density at radius 1 is 1.13 bits per heavy atom. The smallest absolute Gasteiger partial charge is 0.270 e. The van der Waals surface area contributed by atoms with Crippen LogP contribution in [-0.2, 0) is 16.1 Å². The highest BCUT2D eigenvalue weighted by molar-refractivity contribution is 6.39. The van der Waals surface area contributed by atoms with E-state index in [1.807, 2.05) is 35.2 Å². The molecule has 0 spiro atoms. The highest BCUT2D eigenvalue weighted by atomic mass is 16.2. The van der Waals surface area contributed by atoms with Gasteiger partial charge >= 0.3 is 0 Å². The van der Waals surface area contributed by atoms with Crippen molar-refractivity contribution in [3.05, 3.63) is 35.9 Å². The standard InChI is InChI=1S/C25H38N4O2/c1-6-7-15-28(20-16-24(2,3)27-25(4,5)17-20)23(31)21-13-14-22(30)29(26-21)18-19-11-9-8-10-12-19/h8-12,20,27H,6-7,13-18H2,1-5H3. The summed E-state index contributed by atoms with van der Waals surface area (Å²) in [6, 6.07) is 9.97. The molecule has 170 valence electrons. The van der Waals surface area contributed by atoms with Crippen molar-refractivity contribution in [2.75, 3.05) is 6.54 Å². The van der Waals surface area contributed by atoms with Crippen LogP contribution in [0.25, 0.3) is 0 Å². The summed E-state index contributed by atoms with van der Waals surface area (Å²) in [6.07, 6.45) is 4.58. The molecule has 0 radical (unpaired) electrons. The molecule has 0 unspecified atom stereocenters. The number of nitrogens with zero attached hydrogens (tertiary/aromatic N) is 3. The molecule has 3 rings (SSSR count). The second kappa shape index (κ2) is 9.51. The number of hydrogen-bond acceptors (Lipinski definition) is 4. The maximum absolute atomic E-state index is 13.7. The van der Waals surface area contributed by atoms with Crippen LogP contribution < -0.4 is 5.32 Å². The average molecular weight is 427 g/mol. The number of nitrogens with one attached hydrogen (secondary N) is 1. The van der Waals surface area contributed by atoms with E-state index >= 15 is 0 Å². The molecule has 1 aromatic rings. The van der Waals surface area contributed by atoms with E-state index in [4.69, 9.17) is 0 Å². The lowest BCUT2D eigenvalue weighted by Crippen LogP contribution is -2.63. The molecule has 6 heteroatoms. The van der Waals surface area contributed by atoms with Gasteiger partial charge in [0.15, 0.2) is 0 Å². The number of hydrogen-bond donors (Lipinski definition) is 1. The van der Waals surface area contributed by atoms with Crippen molar-refractivity contribution >= 4 is 17.5 Å². The van der Waals surface area contributed by atoms with E-state index in [9.17, 15) is 9.59 Å². The van der Waals surface area contributed by atoms with E-state index in [1.165, 1.54) is 5.01 Å². The SMILES string of the molecule is CCCCN(C(=O)C1=NN(Cc2ccccc2)C(=O)CC1)C1CC(C)(C)NC(C)(C)C1. The summed E-state index contributed by atoms with van der Waals surface area (Å²) in [5.41, 5.74) is 1.44. The van der Waals surface area contributed by atoms with E-state index in [1.54, 1.807) is 0 Å². The summed E-state index contributed by atoms with van der Waals surface area (Å²) < 4.78 is 0. The Morgan fingerprint density at radius 2 is 1.77 bits per heavy atom. The Kier molecular flexibility index (Phi) is 7.20. The molecule has 1 N–H and O–H groups in total. The van der Waals surface area contributed by atoms with Crippen LogP contribution in [0.2, 0.25) is 0 Å². The second-order valence-electron chi connectivity index (χ2n) is 10.3. The van der Waals surface area contributed by atoms with E-state index in [0.717, 1.165) is 37.8 Å². The maximum Gasteiger partial charge on any atom is 0.270 e. The quantitative estimate of drug-likeness (QED) is 0.714. The normalized spacial score (nSPS) is 21.0. The average Bonchev–Trinajstić information content (AvgIpc) is 2.68. The minimum absolute atomic E-state index is 0.00230. The van der Waals surface area contributed by atoms with E-state index in [0.29, 0.717) is 25.1 Å². The number of unbranched alkanes of at least 4 members (excludes halogenated alkanes) is 1. The molecule has 1 aromatic carbocycles. The summed E-state index contributed by atoms with van der Waals surface area (Å²) in [7, 11) is 0. The maximum atomic E-state index is 13.7. The summed E-state index contributed by atoms with van der Waals surface area (Å²) in [4.78, 5) is 28.2. The lowest BCUT2D eigenvalue weighted by Gasteiger charge is -2.49. The molecular weight excluding hydrogens is 388 g/mol. The molecule has 0 aliphatic carbocycles. The van der Waals surface area contributed by atoms with Gasteiger partial charge in [0.05, 0.1) is 6.54 Å². The number of carbonyl (C=O) groups excluding carboxylic acids is 2. The predicted octanol–water partition coefficient (Wildman–Crippen LogP) is 4.10. The first kappa shape index (κ1) is 23.5. The van der Waals surface area contributed by atoms with Gasteiger partial charge < -0.3 is 10.2 Å². The van der Waals surface area contributed by atoms with Crippen molar-refractivity contribution in [3.8, 4) is 0 Å². The molecular formula is C25H38N4O2. The lowest BCUT2D eigenvalue weighted by atomic mass is 9.78. The van der Waals surface area contributed by atoms with Crippen LogP contribution in [0.4, 0.5) is 0 Å². The highest BCUT2D eigenvalue weighted by Crippen LogP contribution is 2.32. The molecule has 1 saturated heterocycles. The summed E-state index contributed by atoms with van der Waals surface area (Å²) >= 11 is 0. The van der Waals surface area contributed by atoms with Crippen LogP contribution in [-0.4, -0.2) is 51.1 Å². The van der Waals surface area contributed by atoms with Gasteiger partial charge in [0.25, 0.3) is 5.91 Å². The Labute approximate surface area is 187 Å². The van der Waals surface area contributed by atoms with Crippen molar-refractivity contribution in [3.63, 3.8) is 0 Å². The van der Waals surface area contributed by atoms with Gasteiger partial charge in [-0.1, -0.05) is 43.7 Å². The van der Waals surface area contributed by atoms with E-state index < -0.39 is 0 Å². The molecule has 0 bridgehead atoms. The second-order valence-corrected chi connectivity index (χ2v) is 10.3. The zero-order valence-corrected chi connectivity index (χ0v) is 19.8.